The van der Waals surface area contributed by atoms with Crippen molar-refractivity contribution >= 4 is 24.9 Å². The van der Waals surface area contributed by atoms with E-state index in [4.69, 9.17) is 21.8 Å². The summed E-state index contributed by atoms with van der Waals surface area (Å²) in [5.41, 5.74) is 0. The van der Waals surface area contributed by atoms with Crippen LogP contribution in [0.2, 0.25) is 0 Å². The molecular weight excluding hydrogens is 311 g/mol. The van der Waals surface area contributed by atoms with Gasteiger partial charge >= 0.3 is 7.67 Å². The zero-order valence-corrected chi connectivity index (χ0v) is 14.9. The molecule has 21 heavy (non-hydrogen) atoms. The van der Waals surface area contributed by atoms with Crippen LogP contribution in [0.5, 0.6) is 0 Å². The van der Waals surface area contributed by atoms with Gasteiger partial charge in [-0.2, -0.15) is 0 Å². The molecule has 2 aliphatic heterocycles. The van der Waals surface area contributed by atoms with Crippen LogP contribution >= 0.6 is 17.1 Å². The van der Waals surface area contributed by atoms with E-state index in [0.29, 0.717) is 32.8 Å². The molecule has 0 bridgehead atoms. The SMILES string of the molecule is [B]C1CN(P)CC(OP(=O)(N(C)C)N2CCOC(C)C2)O1. The van der Waals surface area contributed by atoms with Crippen LogP contribution < -0.4 is 0 Å². The van der Waals surface area contributed by atoms with Crippen molar-refractivity contribution in [3.8, 4) is 0 Å². The summed E-state index contributed by atoms with van der Waals surface area (Å²) in [7, 11) is 8.74. The van der Waals surface area contributed by atoms with Gasteiger partial charge in [-0.05, 0) is 21.0 Å². The molecule has 2 fully saturated rings. The van der Waals surface area contributed by atoms with Gasteiger partial charge in [0.05, 0.1) is 19.3 Å². The molecule has 0 aromatic carbocycles. The normalized spacial score (nSPS) is 35.8. The summed E-state index contributed by atoms with van der Waals surface area (Å²) in [4.78, 5) is 0. The molecule has 0 N–H and O–H groups in total. The van der Waals surface area contributed by atoms with Crippen molar-refractivity contribution in [1.29, 1.82) is 0 Å². The molecule has 2 radical (unpaired) electrons. The van der Waals surface area contributed by atoms with Crippen molar-refractivity contribution in [3.05, 3.63) is 0 Å². The van der Waals surface area contributed by atoms with Crippen LogP contribution in [0, 0.1) is 0 Å². The third-order valence-electron chi connectivity index (χ3n) is 3.46. The van der Waals surface area contributed by atoms with Crippen molar-refractivity contribution in [2.45, 2.75) is 25.3 Å². The van der Waals surface area contributed by atoms with Crippen LogP contribution in [-0.4, -0.2) is 87.1 Å². The molecule has 2 saturated heterocycles. The van der Waals surface area contributed by atoms with Crippen LogP contribution in [0.15, 0.2) is 0 Å². The lowest BCUT2D eigenvalue weighted by atomic mass is 9.99. The second-order valence-corrected chi connectivity index (χ2v) is 8.88. The first kappa shape index (κ1) is 17.8. The van der Waals surface area contributed by atoms with Gasteiger partial charge in [0.1, 0.15) is 7.85 Å². The Kier molecular flexibility index (Phi) is 6.26. The Morgan fingerprint density at radius 3 is 2.67 bits per heavy atom. The van der Waals surface area contributed by atoms with E-state index in [1.807, 2.05) is 16.3 Å². The summed E-state index contributed by atoms with van der Waals surface area (Å²) in [6.45, 7) is 4.76. The van der Waals surface area contributed by atoms with Crippen LogP contribution in [0.1, 0.15) is 6.92 Å². The summed E-state index contributed by atoms with van der Waals surface area (Å²) >= 11 is 0. The van der Waals surface area contributed by atoms with Gasteiger partial charge in [-0.25, -0.2) is 9.34 Å². The zero-order valence-electron chi connectivity index (χ0n) is 12.8. The fourth-order valence-corrected chi connectivity index (χ4v) is 4.83. The average molecular weight is 335 g/mol. The van der Waals surface area contributed by atoms with E-state index in [2.05, 4.69) is 9.39 Å². The Morgan fingerprint density at radius 2 is 2.10 bits per heavy atom. The van der Waals surface area contributed by atoms with Crippen molar-refractivity contribution in [3.63, 3.8) is 0 Å². The quantitative estimate of drug-likeness (QED) is 0.542. The highest BCUT2D eigenvalue weighted by molar-refractivity contribution is 7.53. The molecule has 0 aliphatic carbocycles. The van der Waals surface area contributed by atoms with Gasteiger partial charge in [-0.3, -0.25) is 13.8 Å². The molecule has 2 rings (SSSR count). The zero-order chi connectivity index (χ0) is 15.6. The molecule has 7 nitrogen and oxygen atoms in total. The van der Waals surface area contributed by atoms with E-state index >= 15 is 0 Å². The van der Waals surface area contributed by atoms with Crippen LogP contribution in [0.3, 0.4) is 0 Å². The first-order valence-corrected chi connectivity index (χ1v) is 9.10. The monoisotopic (exact) mass is 335 g/mol. The maximum Gasteiger partial charge on any atom is 0.348 e. The molecular formula is C11H24BN3O4P2. The average Bonchev–Trinajstić information content (AvgIpc) is 2.37. The highest BCUT2D eigenvalue weighted by atomic mass is 31.2. The molecule has 0 amide bonds. The Bertz CT molecular complexity index is 394. The van der Waals surface area contributed by atoms with E-state index in [-0.39, 0.29) is 6.10 Å². The van der Waals surface area contributed by atoms with E-state index in [9.17, 15) is 4.57 Å². The third-order valence-corrected chi connectivity index (χ3v) is 6.48. The number of hydrogen-bond donors (Lipinski definition) is 0. The van der Waals surface area contributed by atoms with Crippen molar-refractivity contribution < 1.29 is 18.6 Å². The van der Waals surface area contributed by atoms with Gasteiger partial charge in [0.25, 0.3) is 0 Å². The minimum absolute atomic E-state index is 0.0309. The van der Waals surface area contributed by atoms with Gasteiger partial charge in [-0.1, -0.05) is 9.39 Å². The molecule has 0 aromatic heterocycles. The second kappa shape index (κ2) is 7.37. The van der Waals surface area contributed by atoms with E-state index in [1.54, 1.807) is 18.8 Å². The second-order valence-electron chi connectivity index (χ2n) is 5.60. The highest BCUT2D eigenvalue weighted by Crippen LogP contribution is 2.54. The van der Waals surface area contributed by atoms with Gasteiger partial charge < -0.3 is 9.47 Å². The van der Waals surface area contributed by atoms with Gasteiger partial charge in [0.15, 0.2) is 6.29 Å². The molecule has 0 saturated carbocycles. The number of morpholine rings is 2. The van der Waals surface area contributed by atoms with Gasteiger partial charge in [0, 0.05) is 25.6 Å². The Hall–Kier alpha value is 0.485. The minimum atomic E-state index is -3.16. The molecule has 0 spiro atoms. The van der Waals surface area contributed by atoms with Crippen LogP contribution in [-0.2, 0) is 18.6 Å². The van der Waals surface area contributed by atoms with Gasteiger partial charge in [-0.15, -0.1) is 0 Å². The predicted octanol–water partition coefficient (Wildman–Crippen LogP) is 0.336. The molecule has 120 valence electrons. The first-order valence-electron chi connectivity index (χ1n) is 7.05. The summed E-state index contributed by atoms with van der Waals surface area (Å²) in [6, 6.07) is -0.444. The smallest absolute Gasteiger partial charge is 0.348 e. The fourth-order valence-electron chi connectivity index (χ4n) is 2.43. The summed E-state index contributed by atoms with van der Waals surface area (Å²) in [5, 5.41) is 0. The van der Waals surface area contributed by atoms with Crippen molar-refractivity contribution in [2.24, 2.45) is 0 Å². The number of hydrogen-bond acceptors (Lipinski definition) is 5. The highest BCUT2D eigenvalue weighted by Gasteiger charge is 2.41. The Labute approximate surface area is 130 Å². The first-order chi connectivity index (χ1) is 9.81. The predicted molar refractivity (Wildman–Crippen MR) is 85.1 cm³/mol. The van der Waals surface area contributed by atoms with E-state index in [1.165, 1.54) is 0 Å². The molecule has 5 atom stereocenters. The lowest BCUT2D eigenvalue weighted by Gasteiger charge is -2.42. The maximum absolute atomic E-state index is 13.3. The van der Waals surface area contributed by atoms with E-state index < -0.39 is 20.0 Å². The van der Waals surface area contributed by atoms with Gasteiger partial charge in [0.2, 0.25) is 0 Å². The number of rotatable bonds is 4. The lowest BCUT2D eigenvalue weighted by Crippen LogP contribution is -2.47. The van der Waals surface area contributed by atoms with Crippen LogP contribution in [0.4, 0.5) is 0 Å². The number of nitrogens with zero attached hydrogens (tertiary/aromatic N) is 3. The molecule has 5 unspecified atom stereocenters. The summed E-state index contributed by atoms with van der Waals surface area (Å²) < 4.78 is 35.7. The molecule has 2 aliphatic rings. The summed E-state index contributed by atoms with van der Waals surface area (Å²) in [6.07, 6.45) is -0.582. The summed E-state index contributed by atoms with van der Waals surface area (Å²) in [5.74, 6) is 0. The third kappa shape index (κ3) is 4.49. The maximum atomic E-state index is 13.3. The molecule has 10 heteroatoms. The van der Waals surface area contributed by atoms with Crippen molar-refractivity contribution in [1.82, 2.24) is 14.0 Å². The lowest BCUT2D eigenvalue weighted by molar-refractivity contribution is -0.134. The van der Waals surface area contributed by atoms with Crippen molar-refractivity contribution in [2.75, 3.05) is 46.9 Å². The molecule has 2 heterocycles. The molecule has 0 aromatic rings. The van der Waals surface area contributed by atoms with Crippen LogP contribution in [0.25, 0.3) is 0 Å². The Morgan fingerprint density at radius 1 is 1.38 bits per heavy atom. The fraction of sp³-hybridized carbons (Fsp3) is 1.00. The largest absolute Gasteiger partial charge is 0.376 e. The standard InChI is InChI=1S/C11H24BN3O4P2/c1-9-6-15(4-5-17-9)21(16,13(2)3)19-11-8-14(20)7-10(12)18-11/h9-11H,4-8,20H2,1-3H3. The number of ether oxygens (including phenoxy) is 2. The topological polar surface area (TPSA) is 54.5 Å². The van der Waals surface area contributed by atoms with E-state index in [0.717, 1.165) is 0 Å². The minimum Gasteiger partial charge on any atom is -0.376 e. The Balaban J connectivity index is 2.08.